The van der Waals surface area contributed by atoms with Crippen molar-refractivity contribution in [3.8, 4) is 17.1 Å². The molecule has 0 aliphatic heterocycles. The van der Waals surface area contributed by atoms with E-state index in [9.17, 15) is 13.2 Å². The lowest BCUT2D eigenvalue weighted by molar-refractivity contribution is -0.274. The van der Waals surface area contributed by atoms with E-state index in [2.05, 4.69) is 14.7 Å². The topological polar surface area (TPSA) is 35.0 Å². The lowest BCUT2D eigenvalue weighted by Gasteiger charge is -2.10. The summed E-state index contributed by atoms with van der Waals surface area (Å²) in [5.74, 6) is 0.0857. The van der Waals surface area contributed by atoms with E-state index in [1.807, 2.05) is 13.8 Å². The normalized spacial score (nSPS) is 11.4. The van der Waals surface area contributed by atoms with Crippen LogP contribution in [0, 0.1) is 13.8 Å². The average Bonchev–Trinajstić information content (AvgIpc) is 2.31. The molecule has 3 nitrogen and oxygen atoms in total. The van der Waals surface area contributed by atoms with Gasteiger partial charge in [0, 0.05) is 17.5 Å². The second-order valence-electron chi connectivity index (χ2n) is 4.04. The third-order valence-corrected chi connectivity index (χ3v) is 2.55. The molecule has 1 aromatic carbocycles. The van der Waals surface area contributed by atoms with Crippen LogP contribution >= 0.6 is 0 Å². The van der Waals surface area contributed by atoms with Crippen molar-refractivity contribution < 1.29 is 17.9 Å². The van der Waals surface area contributed by atoms with Gasteiger partial charge in [-0.3, -0.25) is 0 Å². The second kappa shape index (κ2) is 4.87. The highest BCUT2D eigenvalue weighted by molar-refractivity contribution is 5.57. The summed E-state index contributed by atoms with van der Waals surface area (Å²) in [5, 5.41) is 0. The maximum absolute atomic E-state index is 12.1. The van der Waals surface area contributed by atoms with Gasteiger partial charge in [0.2, 0.25) is 0 Å². The van der Waals surface area contributed by atoms with Crippen molar-refractivity contribution >= 4 is 0 Å². The number of aromatic nitrogens is 2. The van der Waals surface area contributed by atoms with Crippen LogP contribution in [-0.4, -0.2) is 16.3 Å². The molecular formula is C13H11F3N2O. The Balaban J connectivity index is 2.35. The molecular weight excluding hydrogens is 257 g/mol. The molecule has 0 aliphatic rings. The minimum atomic E-state index is -4.71. The van der Waals surface area contributed by atoms with Crippen molar-refractivity contribution in [3.05, 3.63) is 41.7 Å². The predicted octanol–water partition coefficient (Wildman–Crippen LogP) is 3.66. The molecule has 0 amide bonds. The molecule has 0 bridgehead atoms. The number of nitrogens with zero attached hydrogens (tertiary/aromatic N) is 2. The first-order valence-electron chi connectivity index (χ1n) is 5.51. The number of ether oxygens (including phenoxy) is 1. The van der Waals surface area contributed by atoms with Gasteiger partial charge in [0.1, 0.15) is 5.75 Å². The van der Waals surface area contributed by atoms with Crippen LogP contribution in [0.2, 0.25) is 0 Å². The minimum Gasteiger partial charge on any atom is -0.406 e. The van der Waals surface area contributed by atoms with Gasteiger partial charge in [-0.15, -0.1) is 13.2 Å². The Morgan fingerprint density at radius 3 is 2.53 bits per heavy atom. The number of benzene rings is 1. The SMILES string of the molecule is Cc1cnc(-c2cccc(OC(F)(F)F)c2)nc1C. The summed E-state index contributed by atoms with van der Waals surface area (Å²) >= 11 is 0. The average molecular weight is 268 g/mol. The van der Waals surface area contributed by atoms with Gasteiger partial charge in [-0.25, -0.2) is 9.97 Å². The van der Waals surface area contributed by atoms with E-state index in [0.29, 0.717) is 11.4 Å². The number of rotatable bonds is 2. The van der Waals surface area contributed by atoms with Gasteiger partial charge in [0.15, 0.2) is 5.82 Å². The van der Waals surface area contributed by atoms with Crippen LogP contribution in [0.1, 0.15) is 11.3 Å². The van der Waals surface area contributed by atoms with Gasteiger partial charge >= 0.3 is 6.36 Å². The maximum Gasteiger partial charge on any atom is 0.573 e. The van der Waals surface area contributed by atoms with E-state index >= 15 is 0 Å². The maximum atomic E-state index is 12.1. The van der Waals surface area contributed by atoms with Crippen LogP contribution in [0.5, 0.6) is 5.75 Å². The van der Waals surface area contributed by atoms with Gasteiger partial charge in [0.25, 0.3) is 0 Å². The zero-order valence-corrected chi connectivity index (χ0v) is 10.3. The van der Waals surface area contributed by atoms with Gasteiger partial charge in [0.05, 0.1) is 0 Å². The summed E-state index contributed by atoms with van der Waals surface area (Å²) in [4.78, 5) is 8.33. The highest BCUT2D eigenvalue weighted by Gasteiger charge is 2.31. The molecule has 0 aliphatic carbocycles. The zero-order valence-electron chi connectivity index (χ0n) is 10.3. The fraction of sp³-hybridized carbons (Fsp3) is 0.231. The van der Waals surface area contributed by atoms with E-state index < -0.39 is 6.36 Å². The largest absolute Gasteiger partial charge is 0.573 e. The van der Waals surface area contributed by atoms with Crippen LogP contribution in [-0.2, 0) is 0 Å². The smallest absolute Gasteiger partial charge is 0.406 e. The number of halogens is 3. The lowest BCUT2D eigenvalue weighted by atomic mass is 10.2. The lowest BCUT2D eigenvalue weighted by Crippen LogP contribution is -2.17. The first-order chi connectivity index (χ1) is 8.85. The first-order valence-corrected chi connectivity index (χ1v) is 5.51. The van der Waals surface area contributed by atoms with E-state index in [-0.39, 0.29) is 5.75 Å². The Bertz CT molecular complexity index is 597. The van der Waals surface area contributed by atoms with Gasteiger partial charge in [-0.05, 0) is 31.5 Å². The summed E-state index contributed by atoms with van der Waals surface area (Å²) in [7, 11) is 0. The van der Waals surface area contributed by atoms with Crippen LogP contribution in [0.3, 0.4) is 0 Å². The minimum absolute atomic E-state index is 0.285. The van der Waals surface area contributed by atoms with E-state index in [0.717, 1.165) is 11.3 Å². The summed E-state index contributed by atoms with van der Waals surface area (Å²) in [5.41, 5.74) is 2.18. The Labute approximate surface area is 108 Å². The molecule has 19 heavy (non-hydrogen) atoms. The van der Waals surface area contributed by atoms with Gasteiger partial charge < -0.3 is 4.74 Å². The number of aryl methyl sites for hydroxylation is 2. The summed E-state index contributed by atoms with van der Waals surface area (Å²) in [6.45, 7) is 3.68. The first kappa shape index (κ1) is 13.3. The monoisotopic (exact) mass is 268 g/mol. The Hall–Kier alpha value is -2.11. The van der Waals surface area contributed by atoms with E-state index in [1.54, 1.807) is 12.3 Å². The number of hydrogen-bond acceptors (Lipinski definition) is 3. The molecule has 0 unspecified atom stereocenters. The van der Waals surface area contributed by atoms with E-state index in [4.69, 9.17) is 0 Å². The highest BCUT2D eigenvalue weighted by atomic mass is 19.4. The molecule has 100 valence electrons. The summed E-state index contributed by atoms with van der Waals surface area (Å²) in [6, 6.07) is 5.60. The molecule has 0 N–H and O–H groups in total. The molecule has 0 saturated carbocycles. The van der Waals surface area contributed by atoms with Gasteiger partial charge in [-0.2, -0.15) is 0 Å². The summed E-state index contributed by atoms with van der Waals surface area (Å²) in [6.07, 6.45) is -3.07. The van der Waals surface area contributed by atoms with Gasteiger partial charge in [-0.1, -0.05) is 12.1 Å². The Morgan fingerprint density at radius 2 is 1.89 bits per heavy atom. The Kier molecular flexibility index (Phi) is 3.42. The van der Waals surface area contributed by atoms with Crippen molar-refractivity contribution in [2.24, 2.45) is 0 Å². The van der Waals surface area contributed by atoms with Crippen molar-refractivity contribution in [2.45, 2.75) is 20.2 Å². The van der Waals surface area contributed by atoms with Crippen molar-refractivity contribution in [2.75, 3.05) is 0 Å². The Morgan fingerprint density at radius 1 is 1.16 bits per heavy atom. The molecule has 0 saturated heterocycles. The number of hydrogen-bond donors (Lipinski definition) is 0. The molecule has 6 heteroatoms. The molecule has 0 atom stereocenters. The quantitative estimate of drug-likeness (QED) is 0.833. The molecule has 0 spiro atoms. The molecule has 1 aromatic heterocycles. The third kappa shape index (κ3) is 3.43. The summed E-state index contributed by atoms with van der Waals surface area (Å²) < 4.78 is 40.3. The fourth-order valence-corrected chi connectivity index (χ4v) is 1.50. The van der Waals surface area contributed by atoms with E-state index in [1.165, 1.54) is 18.2 Å². The van der Waals surface area contributed by atoms with Crippen molar-refractivity contribution in [1.82, 2.24) is 9.97 Å². The molecule has 0 radical (unpaired) electrons. The van der Waals surface area contributed by atoms with Crippen LogP contribution < -0.4 is 4.74 Å². The predicted molar refractivity (Wildman–Crippen MR) is 63.6 cm³/mol. The molecule has 1 heterocycles. The standard InChI is InChI=1S/C13H11F3N2O/c1-8-7-17-12(18-9(8)2)10-4-3-5-11(6-10)19-13(14,15)16/h3-7H,1-2H3. The van der Waals surface area contributed by atoms with Crippen LogP contribution in [0.15, 0.2) is 30.5 Å². The molecule has 2 aromatic rings. The third-order valence-electron chi connectivity index (χ3n) is 2.55. The second-order valence-corrected chi connectivity index (χ2v) is 4.04. The molecule has 0 fully saturated rings. The zero-order chi connectivity index (χ0) is 14.0. The molecule has 2 rings (SSSR count). The van der Waals surface area contributed by atoms with Crippen LogP contribution in [0.4, 0.5) is 13.2 Å². The van der Waals surface area contributed by atoms with Crippen LogP contribution in [0.25, 0.3) is 11.4 Å². The highest BCUT2D eigenvalue weighted by Crippen LogP contribution is 2.26. The van der Waals surface area contributed by atoms with Crippen molar-refractivity contribution in [1.29, 1.82) is 0 Å². The fourth-order valence-electron chi connectivity index (χ4n) is 1.50. The number of alkyl halides is 3. The van der Waals surface area contributed by atoms with Crippen molar-refractivity contribution in [3.63, 3.8) is 0 Å².